The quantitative estimate of drug-likeness (QED) is 0.236. The molecule has 8 heteroatoms. The lowest BCUT2D eigenvalue weighted by atomic mass is 9.94. The van der Waals surface area contributed by atoms with Crippen molar-refractivity contribution in [3.63, 3.8) is 0 Å². The highest BCUT2D eigenvalue weighted by Crippen LogP contribution is 2.28. The maximum Gasteiger partial charge on any atom is 0.408 e. The third kappa shape index (κ3) is 9.87. The van der Waals surface area contributed by atoms with Gasteiger partial charge in [0, 0.05) is 19.5 Å². The monoisotopic (exact) mass is 587 g/mol. The lowest BCUT2D eigenvalue weighted by molar-refractivity contribution is -0.142. The molecule has 3 N–H and O–H groups in total. The van der Waals surface area contributed by atoms with Crippen molar-refractivity contribution < 1.29 is 24.2 Å². The molecule has 0 aromatic heterocycles. The lowest BCUT2D eigenvalue weighted by Gasteiger charge is -2.35. The van der Waals surface area contributed by atoms with Gasteiger partial charge in [0.1, 0.15) is 23.4 Å². The maximum absolute atomic E-state index is 14.5. The molecule has 230 valence electrons. The normalized spacial score (nSPS) is 12.6. The van der Waals surface area contributed by atoms with Gasteiger partial charge in [0.25, 0.3) is 0 Å². The molecule has 0 bridgehead atoms. The predicted octanol–water partition coefficient (Wildman–Crippen LogP) is 6.13. The molecular formula is C35H45N3O5. The minimum atomic E-state index is -1.02. The first-order chi connectivity index (χ1) is 20.4. The zero-order chi connectivity index (χ0) is 31.6. The van der Waals surface area contributed by atoms with Gasteiger partial charge in [-0.05, 0) is 81.0 Å². The second-order valence-electron chi connectivity index (χ2n) is 11.8. The van der Waals surface area contributed by atoms with Crippen LogP contribution in [0.2, 0.25) is 0 Å². The number of aromatic hydroxyl groups is 1. The Morgan fingerprint density at radius 2 is 1.58 bits per heavy atom. The molecule has 0 aliphatic carbocycles. The van der Waals surface area contributed by atoms with E-state index in [1.165, 1.54) is 12.1 Å². The van der Waals surface area contributed by atoms with E-state index in [1.807, 2.05) is 69.3 Å². The first-order valence-corrected chi connectivity index (χ1v) is 14.8. The summed E-state index contributed by atoms with van der Waals surface area (Å²) in [5, 5.41) is 15.6. The van der Waals surface area contributed by atoms with Crippen LogP contribution in [-0.4, -0.2) is 46.1 Å². The van der Waals surface area contributed by atoms with E-state index in [2.05, 4.69) is 10.6 Å². The standard InChI is InChI=1S/C35H45N3O5/c1-7-8-21-38(33(41)30(37-34(42)43-35(4,5)6)22-26-17-19-28(39)20-18-26)31(29-16-12-13-24(2)25(29)3)32(40)36-23-27-14-10-9-11-15-27/h9-20,30-31,39H,7-8,21-23H2,1-6H3,(H,36,40)(H,37,42). The first kappa shape index (κ1) is 33.2. The van der Waals surface area contributed by atoms with Crippen LogP contribution in [-0.2, 0) is 27.3 Å². The molecule has 2 unspecified atom stereocenters. The molecule has 3 aromatic rings. The molecule has 0 heterocycles. The van der Waals surface area contributed by atoms with E-state index < -0.39 is 29.7 Å². The van der Waals surface area contributed by atoms with Crippen LogP contribution in [0.3, 0.4) is 0 Å². The van der Waals surface area contributed by atoms with Crippen LogP contribution in [0, 0.1) is 13.8 Å². The molecule has 0 spiro atoms. The number of hydrogen-bond acceptors (Lipinski definition) is 5. The summed E-state index contributed by atoms with van der Waals surface area (Å²) in [6.45, 7) is 11.8. The molecular weight excluding hydrogens is 542 g/mol. The average Bonchev–Trinajstić information content (AvgIpc) is 2.96. The minimum absolute atomic E-state index is 0.0985. The Morgan fingerprint density at radius 3 is 2.21 bits per heavy atom. The summed E-state index contributed by atoms with van der Waals surface area (Å²) in [5.41, 5.74) is 3.57. The van der Waals surface area contributed by atoms with Crippen molar-refractivity contribution in [3.8, 4) is 5.75 Å². The SMILES string of the molecule is CCCCN(C(=O)C(Cc1ccc(O)cc1)NC(=O)OC(C)(C)C)C(C(=O)NCc1ccccc1)c1cccc(C)c1C. The van der Waals surface area contributed by atoms with Crippen LogP contribution >= 0.6 is 0 Å². The van der Waals surface area contributed by atoms with Crippen molar-refractivity contribution in [1.82, 2.24) is 15.5 Å². The second-order valence-corrected chi connectivity index (χ2v) is 11.8. The number of rotatable bonds is 12. The van der Waals surface area contributed by atoms with Gasteiger partial charge in [-0.3, -0.25) is 9.59 Å². The molecule has 3 rings (SSSR count). The van der Waals surface area contributed by atoms with E-state index in [0.29, 0.717) is 19.5 Å². The number of carbonyl (C=O) groups is 3. The largest absolute Gasteiger partial charge is 0.508 e. The van der Waals surface area contributed by atoms with E-state index in [9.17, 15) is 19.5 Å². The van der Waals surface area contributed by atoms with Crippen molar-refractivity contribution in [2.45, 2.75) is 85.0 Å². The summed E-state index contributed by atoms with van der Waals surface area (Å²) in [6, 6.07) is 19.9. The van der Waals surface area contributed by atoms with Crippen molar-refractivity contribution in [1.29, 1.82) is 0 Å². The Kier molecular flexibility index (Phi) is 11.8. The molecule has 0 radical (unpaired) electrons. The highest BCUT2D eigenvalue weighted by atomic mass is 16.6. The van der Waals surface area contributed by atoms with E-state index >= 15 is 0 Å². The number of alkyl carbamates (subject to hydrolysis) is 1. The third-order valence-corrected chi connectivity index (χ3v) is 7.21. The Labute approximate surface area is 255 Å². The van der Waals surface area contributed by atoms with Gasteiger partial charge in [-0.25, -0.2) is 4.79 Å². The molecule has 0 saturated carbocycles. The topological polar surface area (TPSA) is 108 Å². The summed E-state index contributed by atoms with van der Waals surface area (Å²) in [5.74, 6) is -0.600. The molecule has 8 nitrogen and oxygen atoms in total. The Bertz CT molecular complexity index is 1370. The molecule has 0 saturated heterocycles. The highest BCUT2D eigenvalue weighted by Gasteiger charge is 2.37. The fourth-order valence-electron chi connectivity index (χ4n) is 4.82. The Morgan fingerprint density at radius 1 is 0.907 bits per heavy atom. The number of phenols is 1. The number of unbranched alkanes of at least 4 members (excludes halogenated alkanes) is 1. The smallest absolute Gasteiger partial charge is 0.408 e. The highest BCUT2D eigenvalue weighted by molar-refractivity contribution is 5.92. The van der Waals surface area contributed by atoms with Crippen LogP contribution < -0.4 is 10.6 Å². The van der Waals surface area contributed by atoms with Crippen LogP contribution in [0.15, 0.2) is 72.8 Å². The molecule has 0 fully saturated rings. The lowest BCUT2D eigenvalue weighted by Crippen LogP contribution is -2.54. The summed E-state index contributed by atoms with van der Waals surface area (Å²) in [7, 11) is 0. The second kappa shape index (κ2) is 15.2. The van der Waals surface area contributed by atoms with E-state index in [1.54, 1.807) is 37.8 Å². The summed E-state index contributed by atoms with van der Waals surface area (Å²) in [4.78, 5) is 43.2. The van der Waals surface area contributed by atoms with E-state index in [4.69, 9.17) is 4.74 Å². The van der Waals surface area contributed by atoms with Gasteiger partial charge >= 0.3 is 6.09 Å². The fourth-order valence-corrected chi connectivity index (χ4v) is 4.82. The van der Waals surface area contributed by atoms with Crippen molar-refractivity contribution >= 4 is 17.9 Å². The van der Waals surface area contributed by atoms with Crippen molar-refractivity contribution in [3.05, 3.63) is 101 Å². The summed E-state index contributed by atoms with van der Waals surface area (Å²) in [6.07, 6.45) is 0.887. The average molecular weight is 588 g/mol. The third-order valence-electron chi connectivity index (χ3n) is 7.21. The van der Waals surface area contributed by atoms with Crippen molar-refractivity contribution in [2.75, 3.05) is 6.54 Å². The number of aryl methyl sites for hydroxylation is 1. The molecule has 3 amide bonds. The van der Waals surface area contributed by atoms with Gasteiger partial charge < -0.3 is 25.4 Å². The van der Waals surface area contributed by atoms with Crippen LogP contribution in [0.5, 0.6) is 5.75 Å². The molecule has 3 aromatic carbocycles. The molecule has 43 heavy (non-hydrogen) atoms. The van der Waals surface area contributed by atoms with Crippen molar-refractivity contribution in [2.24, 2.45) is 0 Å². The number of nitrogens with zero attached hydrogens (tertiary/aromatic N) is 1. The van der Waals surface area contributed by atoms with E-state index in [-0.39, 0.29) is 18.1 Å². The van der Waals surface area contributed by atoms with Gasteiger partial charge in [-0.2, -0.15) is 0 Å². The Balaban J connectivity index is 2.05. The fraction of sp³-hybridized carbons (Fsp3) is 0.400. The number of hydrogen-bond donors (Lipinski definition) is 3. The van der Waals surface area contributed by atoms with Crippen LogP contribution in [0.25, 0.3) is 0 Å². The number of ether oxygens (including phenoxy) is 1. The molecule has 0 aliphatic heterocycles. The van der Waals surface area contributed by atoms with Crippen LogP contribution in [0.1, 0.15) is 74.4 Å². The summed E-state index contributed by atoms with van der Waals surface area (Å²) < 4.78 is 5.51. The van der Waals surface area contributed by atoms with Gasteiger partial charge in [0.05, 0.1) is 0 Å². The van der Waals surface area contributed by atoms with Gasteiger partial charge in [-0.15, -0.1) is 0 Å². The Hall–Kier alpha value is -4.33. The molecule has 0 aliphatic rings. The minimum Gasteiger partial charge on any atom is -0.508 e. The van der Waals surface area contributed by atoms with Crippen LogP contribution in [0.4, 0.5) is 4.79 Å². The number of benzene rings is 3. The zero-order valence-electron chi connectivity index (χ0n) is 26.1. The maximum atomic E-state index is 14.5. The first-order valence-electron chi connectivity index (χ1n) is 14.8. The summed E-state index contributed by atoms with van der Waals surface area (Å²) >= 11 is 0. The van der Waals surface area contributed by atoms with E-state index in [0.717, 1.165) is 34.2 Å². The molecule has 2 atom stereocenters. The zero-order valence-corrected chi connectivity index (χ0v) is 26.1. The predicted molar refractivity (Wildman–Crippen MR) is 169 cm³/mol. The van der Waals surface area contributed by atoms with Gasteiger partial charge in [0.15, 0.2) is 0 Å². The van der Waals surface area contributed by atoms with Gasteiger partial charge in [-0.1, -0.05) is 74.0 Å². The van der Waals surface area contributed by atoms with Gasteiger partial charge in [0.2, 0.25) is 11.8 Å². The number of phenolic OH excluding ortho intramolecular Hbond substituents is 1. The number of nitrogens with one attached hydrogen (secondary N) is 2. The number of amides is 3. The number of carbonyl (C=O) groups excluding carboxylic acids is 3.